The molecule has 2 unspecified atom stereocenters. The number of carbonyl (C=O) groups excluding carboxylic acids is 2. The summed E-state index contributed by atoms with van der Waals surface area (Å²) in [7, 11) is 0. The van der Waals surface area contributed by atoms with Crippen molar-refractivity contribution >= 4 is 12.0 Å². The molecule has 2 fully saturated rings. The highest BCUT2D eigenvalue weighted by Gasteiger charge is 2.45. The van der Waals surface area contributed by atoms with Gasteiger partial charge in [0.1, 0.15) is 5.60 Å². The van der Waals surface area contributed by atoms with Crippen molar-refractivity contribution in [2.45, 2.75) is 77.1 Å². The van der Waals surface area contributed by atoms with Crippen LogP contribution in [-0.4, -0.2) is 47.7 Å². The Hall–Kier alpha value is -2.08. The van der Waals surface area contributed by atoms with E-state index in [1.165, 1.54) is 5.56 Å². The van der Waals surface area contributed by atoms with Crippen LogP contribution in [0.3, 0.4) is 0 Å². The van der Waals surface area contributed by atoms with Crippen molar-refractivity contribution in [2.24, 2.45) is 0 Å². The van der Waals surface area contributed by atoms with E-state index >= 15 is 0 Å². The summed E-state index contributed by atoms with van der Waals surface area (Å²) in [4.78, 5) is 26.0. The Morgan fingerprint density at radius 1 is 1.25 bits per heavy atom. The molecule has 2 amide bonds. The maximum absolute atomic E-state index is 12.7. The van der Waals surface area contributed by atoms with Gasteiger partial charge in [0.2, 0.25) is 5.91 Å². The first-order valence-electron chi connectivity index (χ1n) is 10.2. The predicted molar refractivity (Wildman–Crippen MR) is 109 cm³/mol. The lowest BCUT2D eigenvalue weighted by Crippen LogP contribution is -2.60. The van der Waals surface area contributed by atoms with Crippen LogP contribution in [0.4, 0.5) is 4.79 Å². The first-order valence-corrected chi connectivity index (χ1v) is 10.2. The highest BCUT2D eigenvalue weighted by molar-refractivity contribution is 5.74. The third kappa shape index (κ3) is 4.85. The second-order valence-electron chi connectivity index (χ2n) is 9.15. The van der Waals surface area contributed by atoms with Gasteiger partial charge in [-0.05, 0) is 58.1 Å². The topological polar surface area (TPSA) is 70.7 Å². The number of carbonyl (C=O) groups is 2. The molecule has 2 aliphatic rings. The van der Waals surface area contributed by atoms with Gasteiger partial charge in [0.25, 0.3) is 0 Å². The largest absolute Gasteiger partial charge is 0.444 e. The fourth-order valence-electron chi connectivity index (χ4n) is 3.97. The number of ether oxygens (including phenoxy) is 1. The highest BCUT2D eigenvalue weighted by Crippen LogP contribution is 2.45. The molecule has 0 aromatic heterocycles. The number of amides is 2. The molecular weight excluding hydrogens is 354 g/mol. The molecule has 6 heteroatoms. The molecule has 3 rings (SSSR count). The molecule has 1 saturated carbocycles. The van der Waals surface area contributed by atoms with Crippen LogP contribution >= 0.6 is 0 Å². The molecule has 0 radical (unpaired) electrons. The van der Waals surface area contributed by atoms with E-state index in [1.807, 2.05) is 25.7 Å². The monoisotopic (exact) mass is 387 g/mol. The third-order valence-corrected chi connectivity index (χ3v) is 5.54. The zero-order valence-electron chi connectivity index (χ0n) is 17.7. The molecule has 6 nitrogen and oxygen atoms in total. The van der Waals surface area contributed by atoms with Gasteiger partial charge in [-0.2, -0.15) is 0 Å². The molecule has 2 N–H and O–H groups in total. The molecule has 154 valence electrons. The van der Waals surface area contributed by atoms with Crippen LogP contribution in [0.5, 0.6) is 0 Å². The number of piperazine rings is 1. The number of nitrogens with one attached hydrogen (secondary N) is 2. The Morgan fingerprint density at radius 3 is 2.43 bits per heavy atom. The third-order valence-electron chi connectivity index (χ3n) is 5.54. The normalized spacial score (nSPS) is 23.8. The molecule has 2 atom stereocenters. The van der Waals surface area contributed by atoms with Crippen molar-refractivity contribution in [1.29, 1.82) is 0 Å². The molecule has 1 heterocycles. The summed E-state index contributed by atoms with van der Waals surface area (Å²) in [6.07, 6.45) is 2.50. The molecule has 1 saturated heterocycles. The lowest BCUT2D eigenvalue weighted by Gasteiger charge is -2.41. The van der Waals surface area contributed by atoms with Gasteiger partial charge in [-0.1, -0.05) is 24.3 Å². The summed E-state index contributed by atoms with van der Waals surface area (Å²) in [5.41, 5.74) is 1.66. The van der Waals surface area contributed by atoms with Gasteiger partial charge in [0.15, 0.2) is 0 Å². The Morgan fingerprint density at radius 2 is 1.89 bits per heavy atom. The van der Waals surface area contributed by atoms with Crippen molar-refractivity contribution in [3.8, 4) is 0 Å². The van der Waals surface area contributed by atoms with Crippen LogP contribution < -0.4 is 10.6 Å². The van der Waals surface area contributed by atoms with Crippen molar-refractivity contribution in [3.63, 3.8) is 0 Å². The van der Waals surface area contributed by atoms with Crippen LogP contribution in [0.25, 0.3) is 0 Å². The highest BCUT2D eigenvalue weighted by atomic mass is 16.6. The van der Waals surface area contributed by atoms with Gasteiger partial charge < -0.3 is 20.3 Å². The summed E-state index contributed by atoms with van der Waals surface area (Å²) in [6.45, 7) is 10.8. The van der Waals surface area contributed by atoms with Crippen molar-refractivity contribution in [2.75, 3.05) is 13.1 Å². The Bertz CT molecular complexity index is 720. The number of benzene rings is 1. The van der Waals surface area contributed by atoms with Crippen molar-refractivity contribution in [3.05, 3.63) is 35.4 Å². The zero-order valence-corrected chi connectivity index (χ0v) is 17.7. The minimum Gasteiger partial charge on any atom is -0.444 e. The molecule has 0 bridgehead atoms. The average molecular weight is 388 g/mol. The van der Waals surface area contributed by atoms with Gasteiger partial charge in [-0.3, -0.25) is 4.79 Å². The fourth-order valence-corrected chi connectivity index (χ4v) is 3.97. The molecule has 1 aromatic rings. The number of hydrogen-bond acceptors (Lipinski definition) is 4. The number of hydrogen-bond donors (Lipinski definition) is 2. The SMILES string of the molecule is CC(=O)NC1(c2ccc(CC3C(C)NCCN3C(=O)OC(C)(C)C)cc2)CC1. The van der Waals surface area contributed by atoms with Crippen molar-refractivity contribution in [1.82, 2.24) is 15.5 Å². The van der Waals surface area contributed by atoms with E-state index in [0.717, 1.165) is 31.4 Å². The molecule has 1 aromatic carbocycles. The van der Waals surface area contributed by atoms with Crippen molar-refractivity contribution < 1.29 is 14.3 Å². The molecule has 1 aliphatic carbocycles. The van der Waals surface area contributed by atoms with E-state index < -0.39 is 5.60 Å². The van der Waals surface area contributed by atoms with Gasteiger partial charge in [0.05, 0.1) is 11.6 Å². The van der Waals surface area contributed by atoms with Gasteiger partial charge >= 0.3 is 6.09 Å². The Labute approximate surface area is 168 Å². The minimum absolute atomic E-state index is 0.0108. The van der Waals surface area contributed by atoms with Gasteiger partial charge in [-0.15, -0.1) is 0 Å². The maximum Gasteiger partial charge on any atom is 0.410 e. The van der Waals surface area contributed by atoms with Gasteiger partial charge in [0, 0.05) is 26.1 Å². The van der Waals surface area contributed by atoms with E-state index in [0.29, 0.717) is 6.54 Å². The van der Waals surface area contributed by atoms with E-state index in [2.05, 4.69) is 41.8 Å². The number of nitrogens with zero attached hydrogens (tertiary/aromatic N) is 1. The fraction of sp³-hybridized carbons (Fsp3) is 0.636. The quantitative estimate of drug-likeness (QED) is 0.833. The lowest BCUT2D eigenvalue weighted by atomic mass is 9.95. The summed E-state index contributed by atoms with van der Waals surface area (Å²) >= 11 is 0. The first-order chi connectivity index (χ1) is 13.1. The average Bonchev–Trinajstić information content (AvgIpc) is 3.35. The van der Waals surface area contributed by atoms with E-state index in [9.17, 15) is 9.59 Å². The summed E-state index contributed by atoms with van der Waals surface area (Å²) in [5, 5.41) is 6.55. The van der Waals surface area contributed by atoms with Crippen LogP contribution in [0.1, 0.15) is 58.6 Å². The minimum atomic E-state index is -0.500. The van der Waals surface area contributed by atoms with Gasteiger partial charge in [-0.25, -0.2) is 4.79 Å². The van der Waals surface area contributed by atoms with Crippen LogP contribution in [0.15, 0.2) is 24.3 Å². The van der Waals surface area contributed by atoms with E-state index in [-0.39, 0.29) is 29.6 Å². The van der Waals surface area contributed by atoms with Crippen LogP contribution in [0.2, 0.25) is 0 Å². The summed E-state index contributed by atoms with van der Waals surface area (Å²) in [6, 6.07) is 8.68. The number of rotatable bonds is 4. The first kappa shape index (κ1) is 20.6. The van der Waals surface area contributed by atoms with E-state index in [1.54, 1.807) is 6.92 Å². The van der Waals surface area contributed by atoms with Crippen LogP contribution in [-0.2, 0) is 21.5 Å². The summed E-state index contributed by atoms with van der Waals surface area (Å²) in [5.74, 6) is 0.0108. The Balaban J connectivity index is 1.71. The predicted octanol–water partition coefficient (Wildman–Crippen LogP) is 2.95. The summed E-state index contributed by atoms with van der Waals surface area (Å²) < 4.78 is 5.62. The van der Waals surface area contributed by atoms with E-state index in [4.69, 9.17) is 4.74 Å². The molecular formula is C22H33N3O3. The maximum atomic E-state index is 12.7. The van der Waals surface area contributed by atoms with Crippen LogP contribution in [0, 0.1) is 0 Å². The molecule has 28 heavy (non-hydrogen) atoms. The smallest absolute Gasteiger partial charge is 0.410 e. The standard InChI is InChI=1S/C22H33N3O3/c1-15-19(25(13-12-23-15)20(27)28-21(3,4)5)14-17-6-8-18(9-7-17)22(10-11-22)24-16(2)26/h6-9,15,19,23H,10-14H2,1-5H3,(H,24,26). The Kier molecular flexibility index (Phi) is 5.71. The second-order valence-corrected chi connectivity index (χ2v) is 9.15. The lowest BCUT2D eigenvalue weighted by molar-refractivity contribution is -0.120. The zero-order chi connectivity index (χ0) is 20.5. The molecule has 1 aliphatic heterocycles. The molecule has 0 spiro atoms. The second kappa shape index (κ2) is 7.74.